The number of nitrogens with zero attached hydrogens (tertiary/aromatic N) is 1. The Balaban J connectivity index is 2.95. The van der Waals surface area contributed by atoms with Crippen LogP contribution in [0.2, 0.25) is 0 Å². The Morgan fingerprint density at radius 1 is 1.44 bits per heavy atom. The lowest BCUT2D eigenvalue weighted by Gasteiger charge is -2.06. The first-order valence-electron chi connectivity index (χ1n) is 4.55. The molecule has 0 aliphatic carbocycles. The molecule has 1 amide bonds. The molecule has 2 aromatic rings. The highest BCUT2D eigenvalue weighted by molar-refractivity contribution is 14.1. The summed E-state index contributed by atoms with van der Waals surface area (Å²) in [7, 11) is 0. The smallest absolute Gasteiger partial charge is 0.249 e. The lowest BCUT2D eigenvalue weighted by molar-refractivity contribution is 0.100. The number of carbonyl (C=O) groups excluding carboxylic acids is 1. The number of aryl methyl sites for hydroxylation is 1. The van der Waals surface area contributed by atoms with Gasteiger partial charge in [0.05, 0.1) is 5.56 Å². The zero-order chi connectivity index (χ0) is 11.9. The van der Waals surface area contributed by atoms with E-state index in [1.807, 2.05) is 22.6 Å². The first kappa shape index (κ1) is 11.3. The van der Waals surface area contributed by atoms with Gasteiger partial charge in [0.1, 0.15) is 5.52 Å². The molecule has 2 rings (SSSR count). The summed E-state index contributed by atoms with van der Waals surface area (Å²) in [5, 5.41) is 0.461. The van der Waals surface area contributed by atoms with Crippen molar-refractivity contribution in [2.24, 2.45) is 5.73 Å². The lowest BCUT2D eigenvalue weighted by Crippen LogP contribution is -2.12. The zero-order valence-electron chi connectivity index (χ0n) is 8.42. The topological polar surface area (TPSA) is 56.0 Å². The van der Waals surface area contributed by atoms with E-state index in [0.29, 0.717) is 20.2 Å². The number of carbonyl (C=O) groups is 1. The Morgan fingerprint density at radius 3 is 2.75 bits per heavy atom. The van der Waals surface area contributed by atoms with Crippen LogP contribution in [0.3, 0.4) is 0 Å². The number of halogens is 2. The fraction of sp³-hybridized carbons (Fsp3) is 0.0909. The van der Waals surface area contributed by atoms with Crippen LogP contribution in [-0.4, -0.2) is 10.9 Å². The molecule has 1 heterocycles. The van der Waals surface area contributed by atoms with E-state index in [1.165, 1.54) is 6.07 Å². The molecule has 0 aliphatic rings. The maximum Gasteiger partial charge on any atom is 0.249 e. The molecule has 82 valence electrons. The summed E-state index contributed by atoms with van der Waals surface area (Å²) in [6.45, 7) is 1.70. The van der Waals surface area contributed by atoms with Crippen LogP contribution < -0.4 is 5.73 Å². The molecule has 0 spiro atoms. The summed E-state index contributed by atoms with van der Waals surface area (Å²) >= 11 is 1.98. The number of amides is 1. The minimum atomic E-state index is -0.572. The molecule has 0 saturated heterocycles. The number of nitrogens with two attached hydrogens (primary N) is 1. The molecular formula is C11H8FIN2O. The molecule has 0 radical (unpaired) electrons. The summed E-state index contributed by atoms with van der Waals surface area (Å²) < 4.78 is 14.4. The molecular weight excluding hydrogens is 322 g/mol. The van der Waals surface area contributed by atoms with Crippen LogP contribution in [0.25, 0.3) is 10.9 Å². The van der Waals surface area contributed by atoms with Crippen molar-refractivity contribution in [3.8, 4) is 0 Å². The van der Waals surface area contributed by atoms with Gasteiger partial charge < -0.3 is 5.73 Å². The second-order valence-corrected chi connectivity index (χ2v) is 4.70. The molecule has 1 aromatic heterocycles. The van der Waals surface area contributed by atoms with Gasteiger partial charge in [-0.15, -0.1) is 0 Å². The van der Waals surface area contributed by atoms with Gasteiger partial charge in [0, 0.05) is 14.7 Å². The van der Waals surface area contributed by atoms with E-state index in [9.17, 15) is 9.18 Å². The van der Waals surface area contributed by atoms with Crippen LogP contribution in [0.1, 0.15) is 16.1 Å². The summed E-state index contributed by atoms with van der Waals surface area (Å²) in [6, 6.07) is 4.64. The minimum Gasteiger partial charge on any atom is -0.366 e. The van der Waals surface area contributed by atoms with Crippen molar-refractivity contribution in [1.29, 1.82) is 0 Å². The van der Waals surface area contributed by atoms with Crippen molar-refractivity contribution in [2.75, 3.05) is 0 Å². The number of aromatic nitrogens is 1. The van der Waals surface area contributed by atoms with Crippen LogP contribution in [0.4, 0.5) is 4.39 Å². The van der Waals surface area contributed by atoms with E-state index in [-0.39, 0.29) is 5.52 Å². The maximum absolute atomic E-state index is 13.7. The van der Waals surface area contributed by atoms with Crippen molar-refractivity contribution in [3.63, 3.8) is 0 Å². The van der Waals surface area contributed by atoms with Crippen LogP contribution in [0.5, 0.6) is 0 Å². The monoisotopic (exact) mass is 330 g/mol. The van der Waals surface area contributed by atoms with E-state index < -0.39 is 11.7 Å². The van der Waals surface area contributed by atoms with Crippen molar-refractivity contribution in [2.45, 2.75) is 6.92 Å². The average Bonchev–Trinajstić information content (AvgIpc) is 2.18. The molecule has 5 heteroatoms. The van der Waals surface area contributed by atoms with E-state index in [4.69, 9.17) is 5.73 Å². The van der Waals surface area contributed by atoms with E-state index in [0.717, 1.165) is 0 Å². The Labute approximate surface area is 105 Å². The van der Waals surface area contributed by atoms with Gasteiger partial charge in [-0.3, -0.25) is 4.79 Å². The highest BCUT2D eigenvalue weighted by Crippen LogP contribution is 2.23. The minimum absolute atomic E-state index is 0.189. The number of pyridine rings is 1. The van der Waals surface area contributed by atoms with Gasteiger partial charge in [0.2, 0.25) is 5.91 Å². The van der Waals surface area contributed by atoms with Crippen molar-refractivity contribution >= 4 is 39.4 Å². The molecule has 0 fully saturated rings. The Bertz CT molecular complexity index is 598. The molecule has 0 bridgehead atoms. The molecule has 16 heavy (non-hydrogen) atoms. The van der Waals surface area contributed by atoms with Gasteiger partial charge in [-0.2, -0.15) is 0 Å². The molecule has 0 unspecified atom stereocenters. The SMILES string of the molecule is Cc1cc(C(N)=O)c2cc(I)cc(F)c2n1. The van der Waals surface area contributed by atoms with Gasteiger partial charge in [0.15, 0.2) is 5.82 Å². The van der Waals surface area contributed by atoms with Crippen molar-refractivity contribution in [3.05, 3.63) is 38.8 Å². The Hall–Kier alpha value is -1.24. The van der Waals surface area contributed by atoms with E-state index in [2.05, 4.69) is 4.98 Å². The second-order valence-electron chi connectivity index (χ2n) is 3.46. The summed E-state index contributed by atoms with van der Waals surface area (Å²) in [5.74, 6) is -1.01. The lowest BCUT2D eigenvalue weighted by atomic mass is 10.1. The third-order valence-corrected chi connectivity index (χ3v) is 2.85. The molecule has 0 atom stereocenters. The molecule has 1 aromatic carbocycles. The largest absolute Gasteiger partial charge is 0.366 e. The number of rotatable bonds is 1. The fourth-order valence-electron chi connectivity index (χ4n) is 1.58. The van der Waals surface area contributed by atoms with Crippen LogP contribution in [-0.2, 0) is 0 Å². The van der Waals surface area contributed by atoms with Crippen molar-refractivity contribution in [1.82, 2.24) is 4.98 Å². The Morgan fingerprint density at radius 2 is 2.12 bits per heavy atom. The number of hydrogen-bond acceptors (Lipinski definition) is 2. The number of primary amides is 1. The van der Waals surface area contributed by atoms with Gasteiger partial charge in [-0.1, -0.05) is 0 Å². The van der Waals surface area contributed by atoms with Crippen LogP contribution in [0.15, 0.2) is 18.2 Å². The second kappa shape index (κ2) is 3.97. The van der Waals surface area contributed by atoms with Crippen LogP contribution in [0, 0.1) is 16.3 Å². The fourth-order valence-corrected chi connectivity index (χ4v) is 2.17. The van der Waals surface area contributed by atoms with Gasteiger partial charge in [0.25, 0.3) is 0 Å². The van der Waals surface area contributed by atoms with E-state index >= 15 is 0 Å². The number of hydrogen-bond donors (Lipinski definition) is 1. The molecule has 0 aliphatic heterocycles. The standard InChI is InChI=1S/C11H8FIN2O/c1-5-2-8(11(14)16)7-3-6(13)4-9(12)10(7)15-5/h2-4H,1H3,(H2,14,16). The predicted molar refractivity (Wildman–Crippen MR) is 67.7 cm³/mol. The third kappa shape index (κ3) is 1.87. The predicted octanol–water partition coefficient (Wildman–Crippen LogP) is 2.39. The zero-order valence-corrected chi connectivity index (χ0v) is 10.6. The highest BCUT2D eigenvalue weighted by Gasteiger charge is 2.12. The summed E-state index contributed by atoms with van der Waals surface area (Å²) in [5.41, 5.74) is 6.32. The quantitative estimate of drug-likeness (QED) is 0.817. The first-order chi connectivity index (χ1) is 7.49. The highest BCUT2D eigenvalue weighted by atomic mass is 127. The van der Waals surface area contributed by atoms with Gasteiger partial charge in [-0.05, 0) is 47.7 Å². The molecule has 0 saturated carbocycles. The molecule has 2 N–H and O–H groups in total. The molecule has 3 nitrogen and oxygen atoms in total. The third-order valence-electron chi connectivity index (χ3n) is 2.23. The normalized spacial score (nSPS) is 10.7. The van der Waals surface area contributed by atoms with Gasteiger partial charge >= 0.3 is 0 Å². The van der Waals surface area contributed by atoms with Gasteiger partial charge in [-0.25, -0.2) is 9.37 Å². The van der Waals surface area contributed by atoms with Crippen molar-refractivity contribution < 1.29 is 9.18 Å². The maximum atomic E-state index is 13.7. The average molecular weight is 330 g/mol. The Kier molecular flexibility index (Phi) is 2.79. The number of fused-ring (bicyclic) bond motifs is 1. The summed E-state index contributed by atoms with van der Waals surface area (Å²) in [4.78, 5) is 15.3. The first-order valence-corrected chi connectivity index (χ1v) is 5.63. The van der Waals surface area contributed by atoms with Crippen LogP contribution >= 0.6 is 22.6 Å². The summed E-state index contributed by atoms with van der Waals surface area (Å²) in [6.07, 6.45) is 0. The van der Waals surface area contributed by atoms with E-state index in [1.54, 1.807) is 19.1 Å². The number of benzene rings is 1.